The molecule has 0 radical (unpaired) electrons. The lowest BCUT2D eigenvalue weighted by atomic mass is 9.82. The van der Waals surface area contributed by atoms with E-state index in [4.69, 9.17) is 0 Å². The molecular weight excluding hydrogens is 240 g/mol. The van der Waals surface area contributed by atoms with Crippen molar-refractivity contribution in [2.45, 2.75) is 118 Å². The van der Waals surface area contributed by atoms with Crippen LogP contribution in [0.2, 0.25) is 0 Å². The first-order chi connectivity index (χ1) is 9.76. The van der Waals surface area contributed by atoms with Crippen molar-refractivity contribution in [3.8, 4) is 0 Å². The van der Waals surface area contributed by atoms with Crippen LogP contribution in [0.1, 0.15) is 118 Å². The normalized spacial score (nSPS) is 14.4. The van der Waals surface area contributed by atoms with E-state index in [2.05, 4.69) is 27.7 Å². The van der Waals surface area contributed by atoms with Crippen LogP contribution in [0.15, 0.2) is 0 Å². The van der Waals surface area contributed by atoms with E-state index in [1.165, 1.54) is 89.9 Å². The molecule has 2 unspecified atom stereocenters. The molecule has 0 aromatic carbocycles. The van der Waals surface area contributed by atoms with Crippen LogP contribution in [0.25, 0.3) is 0 Å². The highest BCUT2D eigenvalue weighted by Gasteiger charge is 2.15. The molecule has 2 atom stereocenters. The lowest BCUT2D eigenvalue weighted by molar-refractivity contribution is 0.278. The monoisotopic (exact) mass is 282 g/mol. The Labute approximate surface area is 130 Å². The Morgan fingerprint density at radius 1 is 0.500 bits per heavy atom. The van der Waals surface area contributed by atoms with Crippen molar-refractivity contribution in [2.24, 2.45) is 11.8 Å². The average molecular weight is 283 g/mol. The zero-order chi connectivity index (χ0) is 15.1. The third-order valence-electron chi connectivity index (χ3n) is 4.92. The first-order valence-electron chi connectivity index (χ1n) is 9.76. The van der Waals surface area contributed by atoms with Gasteiger partial charge in [0.25, 0.3) is 0 Å². The molecule has 20 heavy (non-hydrogen) atoms. The molecule has 0 aromatic rings. The van der Waals surface area contributed by atoms with Gasteiger partial charge in [0, 0.05) is 0 Å². The number of rotatable bonds is 15. The fraction of sp³-hybridized carbons (Fsp3) is 1.00. The van der Waals surface area contributed by atoms with Gasteiger partial charge in [-0.3, -0.25) is 0 Å². The largest absolute Gasteiger partial charge is 0.0654 e. The first kappa shape index (κ1) is 20.0. The minimum absolute atomic E-state index is 0.960. The molecule has 122 valence electrons. The molecule has 0 N–H and O–H groups in total. The quantitative estimate of drug-likeness (QED) is 0.269. The number of hydrogen-bond donors (Lipinski definition) is 0. The zero-order valence-corrected chi connectivity index (χ0v) is 15.1. The minimum atomic E-state index is 0.960. The fourth-order valence-corrected chi connectivity index (χ4v) is 3.31. The van der Waals surface area contributed by atoms with E-state index in [9.17, 15) is 0 Å². The minimum Gasteiger partial charge on any atom is -0.0654 e. The molecule has 0 heterocycles. The predicted molar refractivity (Wildman–Crippen MR) is 94.3 cm³/mol. The van der Waals surface area contributed by atoms with Crippen LogP contribution in [-0.4, -0.2) is 0 Å². The van der Waals surface area contributed by atoms with Crippen molar-refractivity contribution in [3.05, 3.63) is 0 Å². The van der Waals surface area contributed by atoms with Crippen molar-refractivity contribution < 1.29 is 0 Å². The molecule has 0 nitrogen and oxygen atoms in total. The number of hydrogen-bond acceptors (Lipinski definition) is 0. The Morgan fingerprint density at radius 3 is 1.55 bits per heavy atom. The van der Waals surface area contributed by atoms with Crippen LogP contribution < -0.4 is 0 Å². The lowest BCUT2D eigenvalue weighted by Gasteiger charge is -2.24. The smallest absolute Gasteiger partial charge is 0.0388 e. The van der Waals surface area contributed by atoms with E-state index in [1.807, 2.05) is 0 Å². The lowest BCUT2D eigenvalue weighted by Crippen LogP contribution is -2.12. The van der Waals surface area contributed by atoms with E-state index < -0.39 is 0 Å². The summed E-state index contributed by atoms with van der Waals surface area (Å²) in [5.41, 5.74) is 0. The Balaban J connectivity index is 3.73. The molecule has 0 saturated heterocycles. The van der Waals surface area contributed by atoms with Gasteiger partial charge in [-0.25, -0.2) is 0 Å². The van der Waals surface area contributed by atoms with Gasteiger partial charge in [-0.15, -0.1) is 0 Å². The molecule has 0 rings (SSSR count). The summed E-state index contributed by atoms with van der Waals surface area (Å²) in [6.45, 7) is 9.47. The van der Waals surface area contributed by atoms with Crippen molar-refractivity contribution >= 4 is 0 Å². The summed E-state index contributed by atoms with van der Waals surface area (Å²) in [6, 6.07) is 0. The van der Waals surface area contributed by atoms with Crippen LogP contribution in [0.3, 0.4) is 0 Å². The summed E-state index contributed by atoms with van der Waals surface area (Å²) in [4.78, 5) is 0. The highest BCUT2D eigenvalue weighted by atomic mass is 14.2. The Hall–Kier alpha value is 0. The van der Waals surface area contributed by atoms with E-state index in [0.717, 1.165) is 11.8 Å². The molecule has 0 aliphatic heterocycles. The van der Waals surface area contributed by atoms with Crippen LogP contribution in [0.5, 0.6) is 0 Å². The summed E-state index contributed by atoms with van der Waals surface area (Å²) in [7, 11) is 0. The standard InChI is InChI=1S/C20H42/c1-5-8-11-12-13-14-15-18-20(17-10-7-3)19(4)16-9-6-2/h19-20H,5-18H2,1-4H3. The molecule has 0 spiro atoms. The van der Waals surface area contributed by atoms with Crippen LogP contribution in [0.4, 0.5) is 0 Å². The van der Waals surface area contributed by atoms with Gasteiger partial charge in [-0.1, -0.05) is 118 Å². The van der Waals surface area contributed by atoms with Gasteiger partial charge < -0.3 is 0 Å². The maximum absolute atomic E-state index is 2.51. The van der Waals surface area contributed by atoms with E-state index in [1.54, 1.807) is 0 Å². The van der Waals surface area contributed by atoms with Crippen molar-refractivity contribution in [2.75, 3.05) is 0 Å². The maximum atomic E-state index is 2.51. The molecular formula is C20H42. The Bertz CT molecular complexity index is 173. The second kappa shape index (κ2) is 15.4. The molecule has 0 bridgehead atoms. The second-order valence-electron chi connectivity index (χ2n) is 6.93. The van der Waals surface area contributed by atoms with Gasteiger partial charge in [0.1, 0.15) is 0 Å². The molecule has 0 aliphatic rings. The van der Waals surface area contributed by atoms with Gasteiger partial charge in [0.05, 0.1) is 0 Å². The van der Waals surface area contributed by atoms with Crippen LogP contribution in [0, 0.1) is 11.8 Å². The van der Waals surface area contributed by atoms with Crippen molar-refractivity contribution in [1.82, 2.24) is 0 Å². The summed E-state index contributed by atoms with van der Waals surface area (Å²) in [5, 5.41) is 0. The SMILES string of the molecule is CCCCCCCCCC(CCCC)C(C)CCCC. The Kier molecular flexibility index (Phi) is 15.4. The predicted octanol–water partition coefficient (Wildman–Crippen LogP) is 7.76. The molecule has 0 saturated carbocycles. The van der Waals surface area contributed by atoms with Gasteiger partial charge in [-0.05, 0) is 11.8 Å². The van der Waals surface area contributed by atoms with Crippen molar-refractivity contribution in [3.63, 3.8) is 0 Å². The summed E-state index contributed by atoms with van der Waals surface area (Å²) in [5.74, 6) is 1.97. The molecule has 0 fully saturated rings. The third-order valence-corrected chi connectivity index (χ3v) is 4.92. The number of unbranched alkanes of at least 4 members (excludes halogenated alkanes) is 8. The van der Waals surface area contributed by atoms with Crippen molar-refractivity contribution in [1.29, 1.82) is 0 Å². The highest BCUT2D eigenvalue weighted by Crippen LogP contribution is 2.28. The topological polar surface area (TPSA) is 0 Å². The first-order valence-corrected chi connectivity index (χ1v) is 9.76. The molecule has 0 amide bonds. The maximum Gasteiger partial charge on any atom is -0.0388 e. The highest BCUT2D eigenvalue weighted by molar-refractivity contribution is 4.67. The van der Waals surface area contributed by atoms with Gasteiger partial charge in [-0.2, -0.15) is 0 Å². The van der Waals surface area contributed by atoms with E-state index in [0.29, 0.717) is 0 Å². The molecule has 0 heteroatoms. The second-order valence-corrected chi connectivity index (χ2v) is 6.93. The zero-order valence-electron chi connectivity index (χ0n) is 15.1. The fourth-order valence-electron chi connectivity index (χ4n) is 3.31. The van der Waals surface area contributed by atoms with E-state index in [-0.39, 0.29) is 0 Å². The Morgan fingerprint density at radius 2 is 0.950 bits per heavy atom. The van der Waals surface area contributed by atoms with E-state index >= 15 is 0 Å². The van der Waals surface area contributed by atoms with Gasteiger partial charge in [0.15, 0.2) is 0 Å². The summed E-state index contributed by atoms with van der Waals surface area (Å²) >= 11 is 0. The molecule has 0 aromatic heterocycles. The van der Waals surface area contributed by atoms with Crippen LogP contribution in [-0.2, 0) is 0 Å². The summed E-state index contributed by atoms with van der Waals surface area (Å²) in [6.07, 6.45) is 20.2. The average Bonchev–Trinajstić information content (AvgIpc) is 2.46. The molecule has 0 aliphatic carbocycles. The third kappa shape index (κ3) is 11.8. The van der Waals surface area contributed by atoms with Crippen LogP contribution >= 0.6 is 0 Å². The summed E-state index contributed by atoms with van der Waals surface area (Å²) < 4.78 is 0. The van der Waals surface area contributed by atoms with Gasteiger partial charge in [0.2, 0.25) is 0 Å². The van der Waals surface area contributed by atoms with Gasteiger partial charge >= 0.3 is 0 Å².